The summed E-state index contributed by atoms with van der Waals surface area (Å²) < 4.78 is 32.8. The van der Waals surface area contributed by atoms with Gasteiger partial charge in [-0.2, -0.15) is 0 Å². The summed E-state index contributed by atoms with van der Waals surface area (Å²) in [5.74, 6) is 0. The Labute approximate surface area is 221 Å². The Morgan fingerprint density at radius 3 is 1.48 bits per heavy atom. The standard InChI is InChI=1S/C23H40O4S.K/c1-19(2)11-7-12-20(3)13-8-14-21(4)15-9-16-22(5)17-10-18-23(6,24)28(25,26)27;/h11,13,15,17,24H,7-10,12,14,16,18H2,1-6H3,(H,25,26,27);/q;+1/p-1. The van der Waals surface area contributed by atoms with E-state index < -0.39 is 15.1 Å². The number of hydrogen-bond acceptors (Lipinski definition) is 4. The summed E-state index contributed by atoms with van der Waals surface area (Å²) in [6.07, 6.45) is 15.3. The Bertz CT molecular complexity index is 694. The van der Waals surface area contributed by atoms with Crippen molar-refractivity contribution in [2.75, 3.05) is 0 Å². The zero-order valence-corrected chi connectivity index (χ0v) is 23.5. The molecule has 0 rings (SSSR count). The average molecular weight is 451 g/mol. The average Bonchev–Trinajstić information content (AvgIpc) is 2.53. The van der Waals surface area contributed by atoms with Crippen LogP contribution in [0.5, 0.6) is 0 Å². The van der Waals surface area contributed by atoms with Crippen LogP contribution >= 0.6 is 0 Å². The van der Waals surface area contributed by atoms with Gasteiger partial charge < -0.3 is 9.66 Å². The molecule has 6 heteroatoms. The first-order chi connectivity index (χ1) is 12.8. The van der Waals surface area contributed by atoms with E-state index in [0.717, 1.165) is 51.0 Å². The van der Waals surface area contributed by atoms with Crippen molar-refractivity contribution in [1.82, 2.24) is 0 Å². The minimum absolute atomic E-state index is 0. The van der Waals surface area contributed by atoms with Crippen molar-refractivity contribution in [3.8, 4) is 0 Å². The molecular formula is C23H39KO4S. The summed E-state index contributed by atoms with van der Waals surface area (Å²) in [5.41, 5.74) is 5.33. The first-order valence-corrected chi connectivity index (χ1v) is 11.5. The number of rotatable bonds is 13. The van der Waals surface area contributed by atoms with E-state index in [1.807, 2.05) is 13.0 Å². The first-order valence-electron chi connectivity index (χ1n) is 10.1. The SMILES string of the molecule is CC(C)=CCCC(C)=CCCC(C)=CCCC(C)=CCCC(C)(O)S(=O)(=O)[O-].[K+]. The van der Waals surface area contributed by atoms with Gasteiger partial charge in [0.05, 0.1) is 0 Å². The van der Waals surface area contributed by atoms with Crippen LogP contribution < -0.4 is 51.4 Å². The molecule has 0 aromatic carbocycles. The number of hydrogen-bond donors (Lipinski definition) is 1. The van der Waals surface area contributed by atoms with E-state index in [9.17, 15) is 18.1 Å². The molecule has 0 aliphatic rings. The maximum absolute atomic E-state index is 10.9. The Hall–Kier alpha value is 0.466. The van der Waals surface area contributed by atoms with E-state index in [4.69, 9.17) is 0 Å². The molecule has 0 aliphatic heterocycles. The van der Waals surface area contributed by atoms with E-state index in [0.29, 0.717) is 6.42 Å². The van der Waals surface area contributed by atoms with Gasteiger partial charge in [-0.05, 0) is 92.9 Å². The minimum Gasteiger partial charge on any atom is -0.746 e. The molecule has 1 N–H and O–H groups in total. The van der Waals surface area contributed by atoms with Gasteiger partial charge in [0.1, 0.15) is 10.1 Å². The fourth-order valence-electron chi connectivity index (χ4n) is 2.70. The number of allylic oxidation sites excluding steroid dienone is 8. The monoisotopic (exact) mass is 450 g/mol. The molecule has 0 heterocycles. The van der Waals surface area contributed by atoms with Crippen LogP contribution in [-0.2, 0) is 10.1 Å². The fraction of sp³-hybridized carbons (Fsp3) is 0.652. The van der Waals surface area contributed by atoms with Crippen LogP contribution in [0.1, 0.15) is 92.9 Å². The summed E-state index contributed by atoms with van der Waals surface area (Å²) in [6, 6.07) is 0. The van der Waals surface area contributed by atoms with Crippen molar-refractivity contribution >= 4 is 10.1 Å². The first kappa shape index (κ1) is 31.7. The molecular weight excluding hydrogens is 411 g/mol. The van der Waals surface area contributed by atoms with Gasteiger partial charge in [0.25, 0.3) is 0 Å². The molecule has 162 valence electrons. The van der Waals surface area contributed by atoms with E-state index >= 15 is 0 Å². The molecule has 0 radical (unpaired) electrons. The van der Waals surface area contributed by atoms with E-state index in [1.165, 1.54) is 16.7 Å². The summed E-state index contributed by atoms with van der Waals surface area (Å²) in [5, 5.41) is 9.66. The Balaban J connectivity index is 0. The maximum atomic E-state index is 10.9. The second kappa shape index (κ2) is 16.1. The van der Waals surface area contributed by atoms with E-state index in [2.05, 4.69) is 45.9 Å². The van der Waals surface area contributed by atoms with Gasteiger partial charge in [0, 0.05) is 0 Å². The third kappa shape index (κ3) is 16.8. The predicted molar refractivity (Wildman–Crippen MR) is 118 cm³/mol. The van der Waals surface area contributed by atoms with Crippen molar-refractivity contribution < 1.29 is 69.5 Å². The van der Waals surface area contributed by atoms with Crippen molar-refractivity contribution in [3.05, 3.63) is 46.6 Å². The van der Waals surface area contributed by atoms with Gasteiger partial charge in [-0.25, -0.2) is 8.42 Å². The molecule has 0 aliphatic carbocycles. The van der Waals surface area contributed by atoms with Gasteiger partial charge in [-0.1, -0.05) is 46.6 Å². The Kier molecular flexibility index (Phi) is 17.6. The molecule has 0 spiro atoms. The number of aliphatic hydroxyl groups is 1. The molecule has 0 amide bonds. The van der Waals surface area contributed by atoms with Crippen LogP contribution in [-0.4, -0.2) is 23.0 Å². The smallest absolute Gasteiger partial charge is 0.746 e. The minimum atomic E-state index is -4.69. The zero-order chi connectivity index (χ0) is 21.8. The topological polar surface area (TPSA) is 77.4 Å². The molecule has 0 aromatic rings. The molecule has 0 fully saturated rings. The molecule has 0 saturated heterocycles. The molecule has 0 aromatic heterocycles. The molecule has 1 unspecified atom stereocenters. The van der Waals surface area contributed by atoms with Crippen molar-refractivity contribution in [2.45, 2.75) is 97.8 Å². The third-order valence-corrected chi connectivity index (χ3v) is 6.08. The van der Waals surface area contributed by atoms with Gasteiger partial charge in [-0.3, -0.25) is 0 Å². The quantitative estimate of drug-likeness (QED) is 0.266. The summed E-state index contributed by atoms with van der Waals surface area (Å²) in [7, 11) is -4.69. The van der Waals surface area contributed by atoms with Crippen molar-refractivity contribution in [1.29, 1.82) is 0 Å². The summed E-state index contributed by atoms with van der Waals surface area (Å²) in [6.45, 7) is 11.7. The maximum Gasteiger partial charge on any atom is 1.00 e. The molecule has 0 bridgehead atoms. The van der Waals surface area contributed by atoms with Gasteiger partial charge in [0.15, 0.2) is 4.93 Å². The molecule has 4 nitrogen and oxygen atoms in total. The van der Waals surface area contributed by atoms with Gasteiger partial charge in [-0.15, -0.1) is 0 Å². The fourth-order valence-corrected chi connectivity index (χ4v) is 3.07. The summed E-state index contributed by atoms with van der Waals surface area (Å²) in [4.78, 5) is -2.20. The molecule has 29 heavy (non-hydrogen) atoms. The Morgan fingerprint density at radius 2 is 1.14 bits per heavy atom. The van der Waals surface area contributed by atoms with Crippen LogP contribution in [0.25, 0.3) is 0 Å². The van der Waals surface area contributed by atoms with Crippen LogP contribution in [0.15, 0.2) is 46.6 Å². The van der Waals surface area contributed by atoms with Crippen LogP contribution in [0, 0.1) is 0 Å². The van der Waals surface area contributed by atoms with Crippen LogP contribution in [0.3, 0.4) is 0 Å². The van der Waals surface area contributed by atoms with Crippen LogP contribution in [0.2, 0.25) is 0 Å². The Morgan fingerprint density at radius 1 is 0.793 bits per heavy atom. The van der Waals surface area contributed by atoms with Crippen molar-refractivity contribution in [2.24, 2.45) is 0 Å². The van der Waals surface area contributed by atoms with Gasteiger partial charge >= 0.3 is 51.4 Å². The van der Waals surface area contributed by atoms with E-state index in [-0.39, 0.29) is 57.8 Å². The molecule has 0 saturated carbocycles. The summed E-state index contributed by atoms with van der Waals surface area (Å²) >= 11 is 0. The third-order valence-electron chi connectivity index (χ3n) is 4.79. The molecule has 1 atom stereocenters. The largest absolute Gasteiger partial charge is 1.00 e. The van der Waals surface area contributed by atoms with Crippen molar-refractivity contribution in [3.63, 3.8) is 0 Å². The zero-order valence-electron chi connectivity index (χ0n) is 19.5. The second-order valence-corrected chi connectivity index (χ2v) is 10.0. The predicted octanol–water partition coefficient (Wildman–Crippen LogP) is 3.17. The van der Waals surface area contributed by atoms with Crippen LogP contribution in [0.4, 0.5) is 0 Å². The second-order valence-electron chi connectivity index (χ2n) is 8.22. The van der Waals surface area contributed by atoms with Gasteiger partial charge in [0.2, 0.25) is 0 Å². The van der Waals surface area contributed by atoms with E-state index in [1.54, 1.807) is 0 Å². The normalized spacial score (nSPS) is 15.5.